The summed E-state index contributed by atoms with van der Waals surface area (Å²) in [6.07, 6.45) is 4.07. The summed E-state index contributed by atoms with van der Waals surface area (Å²) in [5.41, 5.74) is 0. The van der Waals surface area contributed by atoms with Crippen molar-refractivity contribution in [1.82, 2.24) is 0 Å². The summed E-state index contributed by atoms with van der Waals surface area (Å²) in [6.45, 7) is 0.703. The van der Waals surface area contributed by atoms with Crippen molar-refractivity contribution in [2.75, 3.05) is 6.61 Å². The second-order valence-corrected chi connectivity index (χ2v) is 2.41. The zero-order valence-corrected chi connectivity index (χ0v) is 5.75. The number of carboxylic acids is 1. The topological polar surface area (TPSA) is 46.5 Å². The molecular weight excluding hydrogens is 132 g/mol. The van der Waals surface area contributed by atoms with Gasteiger partial charge in [0.1, 0.15) is 0 Å². The van der Waals surface area contributed by atoms with E-state index in [1.807, 2.05) is 0 Å². The first-order valence-corrected chi connectivity index (χ1v) is 3.48. The Morgan fingerprint density at radius 1 is 1.60 bits per heavy atom. The molecule has 0 aliphatic carbocycles. The fourth-order valence-electron chi connectivity index (χ4n) is 1.06. The van der Waals surface area contributed by atoms with Crippen molar-refractivity contribution in [1.29, 1.82) is 0 Å². The Morgan fingerprint density at radius 3 is 2.90 bits per heavy atom. The van der Waals surface area contributed by atoms with Crippen LogP contribution in [0.25, 0.3) is 0 Å². The summed E-state index contributed by atoms with van der Waals surface area (Å²) >= 11 is 0. The van der Waals surface area contributed by atoms with Crippen LogP contribution in [-0.4, -0.2) is 23.8 Å². The fourth-order valence-corrected chi connectivity index (χ4v) is 1.06. The van der Waals surface area contributed by atoms with Crippen LogP contribution in [0.2, 0.25) is 0 Å². The molecule has 1 saturated heterocycles. The van der Waals surface area contributed by atoms with E-state index in [1.54, 1.807) is 0 Å². The van der Waals surface area contributed by atoms with E-state index in [0.29, 0.717) is 6.61 Å². The lowest BCUT2D eigenvalue weighted by Gasteiger charge is -2.20. The van der Waals surface area contributed by atoms with Crippen LogP contribution < -0.4 is 0 Å². The third-order valence-electron chi connectivity index (χ3n) is 1.54. The molecule has 1 unspecified atom stereocenters. The van der Waals surface area contributed by atoms with Crippen LogP contribution in [0.5, 0.6) is 0 Å². The normalized spacial score (nSPS) is 26.2. The molecule has 0 aromatic rings. The molecular formula is C7H11O3. The van der Waals surface area contributed by atoms with Gasteiger partial charge < -0.3 is 9.84 Å². The summed E-state index contributed by atoms with van der Waals surface area (Å²) in [6, 6.07) is 0. The van der Waals surface area contributed by atoms with Crippen molar-refractivity contribution >= 4 is 5.97 Å². The molecule has 1 heterocycles. The molecule has 0 aromatic carbocycles. The van der Waals surface area contributed by atoms with Crippen LogP contribution in [0.3, 0.4) is 0 Å². The van der Waals surface area contributed by atoms with Gasteiger partial charge in [0.05, 0.1) is 12.5 Å². The molecule has 1 fully saturated rings. The van der Waals surface area contributed by atoms with Gasteiger partial charge >= 0.3 is 5.97 Å². The largest absolute Gasteiger partial charge is 0.481 e. The maximum Gasteiger partial charge on any atom is 0.310 e. The number of carbonyl (C=O) groups is 1. The van der Waals surface area contributed by atoms with Gasteiger partial charge in [-0.05, 0) is 19.3 Å². The van der Waals surface area contributed by atoms with E-state index in [2.05, 4.69) is 0 Å². The zero-order valence-electron chi connectivity index (χ0n) is 5.75. The molecule has 0 amide bonds. The Morgan fingerprint density at radius 2 is 2.40 bits per heavy atom. The van der Waals surface area contributed by atoms with E-state index < -0.39 is 5.97 Å². The first kappa shape index (κ1) is 7.54. The van der Waals surface area contributed by atoms with Gasteiger partial charge in [-0.1, -0.05) is 0 Å². The number of hydrogen-bond donors (Lipinski definition) is 1. The molecule has 3 heteroatoms. The van der Waals surface area contributed by atoms with Crippen LogP contribution >= 0.6 is 0 Å². The molecule has 1 aliphatic rings. The van der Waals surface area contributed by atoms with Crippen LogP contribution in [0, 0.1) is 6.42 Å². The molecule has 1 atom stereocenters. The second kappa shape index (κ2) is 3.56. The molecule has 0 aromatic heterocycles. The average Bonchev–Trinajstić information content (AvgIpc) is 1.88. The van der Waals surface area contributed by atoms with E-state index in [4.69, 9.17) is 9.84 Å². The smallest absolute Gasteiger partial charge is 0.310 e. The summed E-state index contributed by atoms with van der Waals surface area (Å²) in [5, 5.41) is 8.33. The third-order valence-corrected chi connectivity index (χ3v) is 1.54. The summed E-state index contributed by atoms with van der Waals surface area (Å²) < 4.78 is 5.15. The van der Waals surface area contributed by atoms with Crippen molar-refractivity contribution in [3.05, 3.63) is 6.42 Å². The number of aliphatic carboxylic acids is 1. The number of carboxylic acid groups (broad SMARTS) is 1. The molecule has 10 heavy (non-hydrogen) atoms. The van der Waals surface area contributed by atoms with Crippen molar-refractivity contribution in [2.24, 2.45) is 0 Å². The maximum absolute atomic E-state index is 10.1. The quantitative estimate of drug-likeness (QED) is 0.623. The fraction of sp³-hybridized carbons (Fsp3) is 0.714. The first-order chi connectivity index (χ1) is 4.79. The highest BCUT2D eigenvalue weighted by Crippen LogP contribution is 2.14. The lowest BCUT2D eigenvalue weighted by molar-refractivity contribution is -0.135. The Kier molecular flexibility index (Phi) is 2.68. The average molecular weight is 143 g/mol. The highest BCUT2D eigenvalue weighted by molar-refractivity contribution is 5.77. The summed E-state index contributed by atoms with van der Waals surface area (Å²) in [5.74, 6) is -0.882. The number of ether oxygens (including phenoxy) is 1. The molecule has 1 rings (SSSR count). The van der Waals surface area contributed by atoms with Crippen LogP contribution in [0.1, 0.15) is 19.3 Å². The van der Waals surface area contributed by atoms with Gasteiger partial charge in [0, 0.05) is 6.61 Å². The van der Waals surface area contributed by atoms with Gasteiger partial charge in [0.15, 0.2) is 0 Å². The molecule has 0 saturated carbocycles. The van der Waals surface area contributed by atoms with Crippen LogP contribution in [-0.2, 0) is 9.53 Å². The minimum Gasteiger partial charge on any atom is -0.481 e. The van der Waals surface area contributed by atoms with Crippen LogP contribution in [0.4, 0.5) is 0 Å². The van der Waals surface area contributed by atoms with Gasteiger partial charge in [-0.25, -0.2) is 0 Å². The highest BCUT2D eigenvalue weighted by Gasteiger charge is 2.16. The SMILES string of the molecule is O=C(O)[CH]C1CCCCO1. The second-order valence-electron chi connectivity index (χ2n) is 2.41. The Hall–Kier alpha value is -0.570. The van der Waals surface area contributed by atoms with Crippen molar-refractivity contribution < 1.29 is 14.6 Å². The predicted octanol–water partition coefficient (Wildman–Crippen LogP) is 0.844. The number of rotatable bonds is 2. The van der Waals surface area contributed by atoms with Crippen molar-refractivity contribution in [2.45, 2.75) is 25.4 Å². The molecule has 1 radical (unpaired) electrons. The van der Waals surface area contributed by atoms with E-state index in [-0.39, 0.29) is 6.10 Å². The first-order valence-electron chi connectivity index (χ1n) is 3.48. The minimum atomic E-state index is -0.882. The molecule has 3 nitrogen and oxygen atoms in total. The number of hydrogen-bond acceptors (Lipinski definition) is 2. The van der Waals surface area contributed by atoms with Crippen molar-refractivity contribution in [3.63, 3.8) is 0 Å². The van der Waals surface area contributed by atoms with Gasteiger partial charge in [-0.15, -0.1) is 0 Å². The molecule has 1 aliphatic heterocycles. The lowest BCUT2D eigenvalue weighted by atomic mass is 10.1. The minimum absolute atomic E-state index is 0.147. The maximum atomic E-state index is 10.1. The van der Waals surface area contributed by atoms with Crippen molar-refractivity contribution in [3.8, 4) is 0 Å². The van der Waals surface area contributed by atoms with Gasteiger partial charge in [0.25, 0.3) is 0 Å². The molecule has 1 N–H and O–H groups in total. The van der Waals surface area contributed by atoms with E-state index >= 15 is 0 Å². The van der Waals surface area contributed by atoms with Crippen LogP contribution in [0.15, 0.2) is 0 Å². The van der Waals surface area contributed by atoms with Gasteiger partial charge in [-0.2, -0.15) is 0 Å². The third kappa shape index (κ3) is 2.35. The predicted molar refractivity (Wildman–Crippen MR) is 35.5 cm³/mol. The highest BCUT2D eigenvalue weighted by atomic mass is 16.5. The molecule has 57 valence electrons. The summed E-state index contributed by atoms with van der Waals surface area (Å²) in [7, 11) is 0. The molecule has 0 spiro atoms. The lowest BCUT2D eigenvalue weighted by Crippen LogP contribution is -2.22. The zero-order chi connectivity index (χ0) is 7.40. The van der Waals surface area contributed by atoms with E-state index in [0.717, 1.165) is 19.3 Å². The Balaban J connectivity index is 2.19. The standard InChI is InChI=1S/C7H11O3/c8-7(9)5-6-3-1-2-4-10-6/h5-6H,1-4H2,(H,8,9). The summed E-state index contributed by atoms with van der Waals surface area (Å²) in [4.78, 5) is 10.1. The van der Waals surface area contributed by atoms with E-state index in [9.17, 15) is 4.79 Å². The Bertz CT molecular complexity index is 116. The van der Waals surface area contributed by atoms with Gasteiger partial charge in [-0.3, -0.25) is 4.79 Å². The molecule has 0 bridgehead atoms. The van der Waals surface area contributed by atoms with E-state index in [1.165, 1.54) is 6.42 Å². The Labute approximate surface area is 60.0 Å². The van der Waals surface area contributed by atoms with Gasteiger partial charge in [0.2, 0.25) is 0 Å². The monoisotopic (exact) mass is 143 g/mol.